The fourth-order valence-electron chi connectivity index (χ4n) is 6.63. The van der Waals surface area contributed by atoms with E-state index in [0.29, 0.717) is 43.6 Å². The van der Waals surface area contributed by atoms with Crippen molar-refractivity contribution in [2.75, 3.05) is 32.0 Å². The van der Waals surface area contributed by atoms with E-state index in [2.05, 4.69) is 11.9 Å². The lowest BCUT2D eigenvalue weighted by atomic mass is 10.00. The minimum absolute atomic E-state index is 0.0404. The highest BCUT2D eigenvalue weighted by Crippen LogP contribution is 2.43. The number of esters is 1. The SMILES string of the molecule is C=CCOC(=O)N1CCC(N2CC/C(=C/C3=C(C(=O)OC(c4ccccc4)c4ccccc4)N4C(=O)[C@@H](NC(=O)OC(C)(C)C)[C@H]4SC3)C2=O)C1. The molecular weight excluding hydrogens is 673 g/mol. The molecule has 4 aliphatic heterocycles. The normalized spacial score (nSPS) is 22.5. The lowest BCUT2D eigenvalue weighted by molar-refractivity contribution is -0.153. The van der Waals surface area contributed by atoms with E-state index in [-0.39, 0.29) is 30.0 Å². The van der Waals surface area contributed by atoms with Crippen LogP contribution in [0.25, 0.3) is 0 Å². The number of nitrogens with zero attached hydrogens (tertiary/aromatic N) is 3. The van der Waals surface area contributed by atoms with Crippen molar-refractivity contribution in [2.45, 2.75) is 62.8 Å². The number of allylic oxidation sites excluding steroid dienone is 1. The van der Waals surface area contributed by atoms with Crippen molar-refractivity contribution in [2.24, 2.45) is 0 Å². The number of ether oxygens (including phenoxy) is 3. The summed E-state index contributed by atoms with van der Waals surface area (Å²) < 4.78 is 16.8. The number of hydrogen-bond acceptors (Lipinski definition) is 9. The Morgan fingerprint density at radius 3 is 2.31 bits per heavy atom. The summed E-state index contributed by atoms with van der Waals surface area (Å²) in [7, 11) is 0. The van der Waals surface area contributed by atoms with Gasteiger partial charge in [0.15, 0.2) is 6.10 Å². The fourth-order valence-corrected chi connectivity index (χ4v) is 7.94. The van der Waals surface area contributed by atoms with Crippen molar-refractivity contribution in [1.29, 1.82) is 0 Å². The van der Waals surface area contributed by atoms with Crippen molar-refractivity contribution in [3.05, 3.63) is 107 Å². The van der Waals surface area contributed by atoms with Gasteiger partial charge in [-0.25, -0.2) is 14.4 Å². The summed E-state index contributed by atoms with van der Waals surface area (Å²) >= 11 is 1.38. The van der Waals surface area contributed by atoms with E-state index in [0.717, 1.165) is 11.1 Å². The third-order valence-corrected chi connectivity index (χ3v) is 10.3. The molecule has 0 radical (unpaired) electrons. The number of rotatable bonds is 9. The van der Waals surface area contributed by atoms with E-state index >= 15 is 0 Å². The van der Waals surface area contributed by atoms with Gasteiger partial charge in [0.2, 0.25) is 5.91 Å². The number of likely N-dealkylation sites (tertiary alicyclic amines) is 2. The molecule has 0 saturated carbocycles. The Hall–Kier alpha value is -5.04. The average Bonchev–Trinajstić information content (AvgIpc) is 3.75. The van der Waals surface area contributed by atoms with Crippen LogP contribution < -0.4 is 5.32 Å². The Bertz CT molecular complexity index is 1720. The van der Waals surface area contributed by atoms with Crippen LogP contribution in [0.5, 0.6) is 0 Å². The molecule has 0 aliphatic carbocycles. The summed E-state index contributed by atoms with van der Waals surface area (Å²) in [5.41, 5.74) is 1.76. The van der Waals surface area contributed by atoms with Crippen LogP contribution in [0.15, 0.2) is 96.2 Å². The number of carbonyl (C=O) groups is 5. The lowest BCUT2D eigenvalue weighted by Crippen LogP contribution is -2.70. The maximum Gasteiger partial charge on any atom is 0.410 e. The Balaban J connectivity index is 1.28. The first-order valence-corrected chi connectivity index (χ1v) is 18.0. The van der Waals surface area contributed by atoms with Gasteiger partial charge in [-0.3, -0.25) is 14.5 Å². The second-order valence-corrected chi connectivity index (χ2v) is 14.8. The molecule has 1 N–H and O–H groups in total. The number of alkyl carbamates (subject to hydrolysis) is 1. The first kappa shape index (κ1) is 35.8. The molecule has 0 aromatic heterocycles. The van der Waals surface area contributed by atoms with Gasteiger partial charge in [-0.2, -0.15) is 0 Å². The highest BCUT2D eigenvalue weighted by atomic mass is 32.2. The van der Waals surface area contributed by atoms with E-state index in [9.17, 15) is 24.0 Å². The molecular formula is C38H42N4O8S. The molecule has 4 amide bonds. The molecule has 6 rings (SSSR count). The number of β-lactam (4-membered cyclic amide) rings is 1. The van der Waals surface area contributed by atoms with Crippen LogP contribution in [0, 0.1) is 0 Å². The van der Waals surface area contributed by atoms with E-state index < -0.39 is 47.2 Å². The maximum absolute atomic E-state index is 14.3. The topological polar surface area (TPSA) is 135 Å². The number of nitrogens with one attached hydrogen (secondary N) is 1. The van der Waals surface area contributed by atoms with Crippen LogP contribution in [0.2, 0.25) is 0 Å². The van der Waals surface area contributed by atoms with Crippen LogP contribution in [0.4, 0.5) is 9.59 Å². The first-order chi connectivity index (χ1) is 24.4. The molecule has 0 spiro atoms. The predicted octanol–water partition coefficient (Wildman–Crippen LogP) is 4.94. The van der Waals surface area contributed by atoms with Gasteiger partial charge in [-0.05, 0) is 56.4 Å². The molecule has 1 unspecified atom stereocenters. The number of thioether (sulfide) groups is 1. The van der Waals surface area contributed by atoms with Crippen LogP contribution in [0.3, 0.4) is 0 Å². The van der Waals surface area contributed by atoms with Crippen LogP contribution >= 0.6 is 11.8 Å². The van der Waals surface area contributed by atoms with Crippen molar-refractivity contribution in [3.63, 3.8) is 0 Å². The number of amides is 4. The first-order valence-electron chi connectivity index (χ1n) is 17.0. The largest absolute Gasteiger partial charge is 0.448 e. The molecule has 13 heteroatoms. The summed E-state index contributed by atoms with van der Waals surface area (Å²) in [4.78, 5) is 71.6. The highest BCUT2D eigenvalue weighted by molar-refractivity contribution is 8.00. The lowest BCUT2D eigenvalue weighted by Gasteiger charge is -2.49. The number of hydrogen-bond donors (Lipinski definition) is 1. The zero-order valence-corrected chi connectivity index (χ0v) is 29.7. The van der Waals surface area contributed by atoms with E-state index in [4.69, 9.17) is 14.2 Å². The Morgan fingerprint density at radius 2 is 1.69 bits per heavy atom. The molecule has 3 atom stereocenters. The van der Waals surface area contributed by atoms with Gasteiger partial charge < -0.3 is 29.3 Å². The van der Waals surface area contributed by atoms with E-state index in [1.165, 1.54) is 22.7 Å². The summed E-state index contributed by atoms with van der Waals surface area (Å²) in [6.45, 7) is 10.2. The number of benzene rings is 2. The molecule has 4 aliphatic rings. The maximum atomic E-state index is 14.3. The molecule has 51 heavy (non-hydrogen) atoms. The molecule has 2 aromatic carbocycles. The zero-order chi connectivity index (χ0) is 36.3. The Labute approximate surface area is 301 Å². The van der Waals surface area contributed by atoms with Crippen LogP contribution in [0.1, 0.15) is 50.8 Å². The number of carbonyl (C=O) groups excluding carboxylic acids is 5. The molecule has 0 bridgehead atoms. The monoisotopic (exact) mass is 714 g/mol. The molecule has 2 aromatic rings. The number of fused-ring (bicyclic) bond motifs is 1. The minimum Gasteiger partial charge on any atom is -0.448 e. The van der Waals surface area contributed by atoms with Gasteiger partial charge in [0.1, 0.15) is 29.3 Å². The fraction of sp³-hybridized carbons (Fsp3) is 0.395. The molecule has 3 fully saturated rings. The van der Waals surface area contributed by atoms with Gasteiger partial charge in [-0.15, -0.1) is 11.8 Å². The quantitative estimate of drug-likeness (QED) is 0.126. The van der Waals surface area contributed by atoms with Crippen LogP contribution in [-0.4, -0.2) is 99.7 Å². The summed E-state index contributed by atoms with van der Waals surface area (Å²) in [6.07, 6.45) is 2.32. The van der Waals surface area contributed by atoms with E-state index in [1.54, 1.807) is 36.6 Å². The summed E-state index contributed by atoms with van der Waals surface area (Å²) in [5, 5.41) is 2.08. The Morgan fingerprint density at radius 1 is 1.02 bits per heavy atom. The van der Waals surface area contributed by atoms with Gasteiger partial charge in [0.05, 0.1) is 6.04 Å². The zero-order valence-electron chi connectivity index (χ0n) is 28.9. The second-order valence-electron chi connectivity index (χ2n) is 13.7. The molecule has 4 heterocycles. The smallest absolute Gasteiger partial charge is 0.410 e. The van der Waals surface area contributed by atoms with Gasteiger partial charge >= 0.3 is 18.2 Å². The van der Waals surface area contributed by atoms with Crippen molar-refractivity contribution in [3.8, 4) is 0 Å². The average molecular weight is 715 g/mol. The van der Waals surface area contributed by atoms with Crippen molar-refractivity contribution >= 4 is 41.7 Å². The third-order valence-electron chi connectivity index (χ3n) is 8.99. The van der Waals surface area contributed by atoms with Crippen molar-refractivity contribution in [1.82, 2.24) is 20.0 Å². The standard InChI is InChI=1S/C38H42N4O8S/c1-5-20-48-37(47)40-18-17-28(22-40)41-19-16-26(32(41)43)21-27-23-51-34-29(39-36(46)50-38(2,3)4)33(44)42(34)30(27)35(45)49-31(24-12-8-6-9-13-24)25-14-10-7-11-15-25/h5-15,21,28-29,31,34H,1,16-20,22-23H2,2-4H3,(H,39,46)/b26-21-/t28?,29-,34-/m1/s1. The predicted molar refractivity (Wildman–Crippen MR) is 190 cm³/mol. The minimum atomic E-state index is -0.909. The van der Waals surface area contributed by atoms with Crippen LogP contribution in [-0.2, 0) is 28.6 Å². The molecule has 3 saturated heterocycles. The summed E-state index contributed by atoms with van der Waals surface area (Å²) in [5.74, 6) is -1.10. The highest BCUT2D eigenvalue weighted by Gasteiger charge is 2.55. The van der Waals surface area contributed by atoms with Gasteiger partial charge in [0.25, 0.3) is 5.91 Å². The third kappa shape index (κ3) is 7.83. The van der Waals surface area contributed by atoms with E-state index in [1.807, 2.05) is 60.7 Å². The second kappa shape index (κ2) is 15.1. The van der Waals surface area contributed by atoms with Gasteiger partial charge in [-0.1, -0.05) is 73.3 Å². The Kier molecular flexibility index (Phi) is 10.6. The molecule has 268 valence electrons. The summed E-state index contributed by atoms with van der Waals surface area (Å²) in [6, 6.07) is 17.6. The van der Waals surface area contributed by atoms with Gasteiger partial charge in [0, 0.05) is 31.0 Å². The van der Waals surface area contributed by atoms with Crippen molar-refractivity contribution < 1.29 is 38.2 Å². The molecule has 12 nitrogen and oxygen atoms in total.